The van der Waals surface area contributed by atoms with E-state index in [1.807, 2.05) is 16.1 Å². The Morgan fingerprint density at radius 2 is 2.10 bits per heavy atom. The minimum Gasteiger partial charge on any atom is -0.315 e. The second-order valence-electron chi connectivity index (χ2n) is 4.41. The number of aromatic nitrogens is 3. The Bertz CT molecular complexity index is 712. The van der Waals surface area contributed by atoms with Crippen molar-refractivity contribution in [3.05, 3.63) is 69.3 Å². The maximum absolute atomic E-state index is 11.0. The summed E-state index contributed by atoms with van der Waals surface area (Å²) in [5.74, 6) is 0. The minimum atomic E-state index is -0.00788. The van der Waals surface area contributed by atoms with Gasteiger partial charge in [-0.05, 0) is 17.7 Å². The van der Waals surface area contributed by atoms with Gasteiger partial charge in [-0.25, -0.2) is 4.98 Å². The average molecular weight is 286 g/mol. The summed E-state index contributed by atoms with van der Waals surface area (Å²) in [5.41, 5.74) is 3.22. The van der Waals surface area contributed by atoms with E-state index in [1.54, 1.807) is 12.5 Å². The van der Waals surface area contributed by atoms with Gasteiger partial charge in [0.25, 0.3) is 0 Å². The standard InChI is InChI=1S/C14H14N4OS/c19-14-17-12(9-20-14)8-16-7-11-1-3-13(4-2-11)18-6-5-15-10-18/h1-6,9-10,16H,7-8H2,(H,17,19). The van der Waals surface area contributed by atoms with Crippen LogP contribution in [0, 0.1) is 0 Å². The van der Waals surface area contributed by atoms with E-state index in [1.165, 1.54) is 16.9 Å². The van der Waals surface area contributed by atoms with Crippen molar-refractivity contribution in [3.8, 4) is 5.69 Å². The molecule has 0 saturated heterocycles. The van der Waals surface area contributed by atoms with Crippen molar-refractivity contribution >= 4 is 11.3 Å². The number of H-pyrrole nitrogens is 1. The molecule has 0 aliphatic rings. The molecule has 2 aromatic heterocycles. The van der Waals surface area contributed by atoms with Crippen LogP contribution in [-0.2, 0) is 13.1 Å². The predicted octanol–water partition coefficient (Wildman–Crippen LogP) is 1.91. The molecule has 1 aromatic carbocycles. The van der Waals surface area contributed by atoms with Crippen molar-refractivity contribution in [1.82, 2.24) is 19.9 Å². The fourth-order valence-electron chi connectivity index (χ4n) is 1.94. The molecule has 20 heavy (non-hydrogen) atoms. The number of nitrogens with zero attached hydrogens (tertiary/aromatic N) is 2. The lowest BCUT2D eigenvalue weighted by molar-refractivity contribution is 0.681. The van der Waals surface area contributed by atoms with Gasteiger partial charge in [-0.2, -0.15) is 0 Å². The van der Waals surface area contributed by atoms with Gasteiger partial charge >= 0.3 is 4.87 Å². The molecule has 3 aromatic rings. The third kappa shape index (κ3) is 3.04. The fraction of sp³-hybridized carbons (Fsp3) is 0.143. The van der Waals surface area contributed by atoms with Crippen LogP contribution in [0.4, 0.5) is 0 Å². The molecule has 0 saturated carbocycles. The molecule has 2 N–H and O–H groups in total. The minimum absolute atomic E-state index is 0.00788. The molecule has 5 nitrogen and oxygen atoms in total. The topological polar surface area (TPSA) is 62.7 Å². The molecule has 0 fully saturated rings. The molecule has 0 spiro atoms. The molecule has 2 heterocycles. The van der Waals surface area contributed by atoms with Crippen LogP contribution in [0.15, 0.2) is 53.2 Å². The first-order valence-corrected chi connectivity index (χ1v) is 7.14. The number of rotatable bonds is 5. The van der Waals surface area contributed by atoms with E-state index >= 15 is 0 Å². The third-order valence-electron chi connectivity index (χ3n) is 2.95. The van der Waals surface area contributed by atoms with E-state index in [-0.39, 0.29) is 4.87 Å². The molecule has 0 atom stereocenters. The van der Waals surface area contributed by atoms with E-state index in [2.05, 4.69) is 39.6 Å². The lowest BCUT2D eigenvalue weighted by atomic mass is 10.2. The van der Waals surface area contributed by atoms with Gasteiger partial charge in [-0.1, -0.05) is 23.5 Å². The normalized spacial score (nSPS) is 10.8. The zero-order valence-electron chi connectivity index (χ0n) is 10.7. The number of thiazole rings is 1. The maximum atomic E-state index is 11.0. The number of benzene rings is 1. The maximum Gasteiger partial charge on any atom is 0.304 e. The molecule has 0 aliphatic heterocycles. The van der Waals surface area contributed by atoms with Crippen molar-refractivity contribution in [2.24, 2.45) is 0 Å². The molecule has 0 bridgehead atoms. The van der Waals surface area contributed by atoms with Crippen LogP contribution in [0.25, 0.3) is 5.69 Å². The van der Waals surface area contributed by atoms with Crippen LogP contribution in [0.1, 0.15) is 11.3 Å². The largest absolute Gasteiger partial charge is 0.315 e. The van der Waals surface area contributed by atoms with Gasteiger partial charge in [0.15, 0.2) is 0 Å². The molecule has 0 amide bonds. The Kier molecular flexibility index (Phi) is 3.76. The summed E-state index contributed by atoms with van der Waals surface area (Å²) in [4.78, 5) is 17.8. The Morgan fingerprint density at radius 3 is 2.75 bits per heavy atom. The van der Waals surface area contributed by atoms with Gasteiger partial charge < -0.3 is 14.9 Å². The number of hydrogen-bond donors (Lipinski definition) is 2. The van der Waals surface area contributed by atoms with E-state index in [0.29, 0.717) is 6.54 Å². The lowest BCUT2D eigenvalue weighted by Crippen LogP contribution is -2.13. The van der Waals surface area contributed by atoms with Gasteiger partial charge in [0, 0.05) is 42.2 Å². The van der Waals surface area contributed by atoms with Crippen molar-refractivity contribution in [2.75, 3.05) is 0 Å². The second kappa shape index (κ2) is 5.85. The van der Waals surface area contributed by atoms with Crippen LogP contribution in [-0.4, -0.2) is 14.5 Å². The van der Waals surface area contributed by atoms with E-state index in [0.717, 1.165) is 17.9 Å². The van der Waals surface area contributed by atoms with E-state index in [9.17, 15) is 4.79 Å². The van der Waals surface area contributed by atoms with Crippen LogP contribution in [0.2, 0.25) is 0 Å². The first-order chi connectivity index (χ1) is 9.81. The van der Waals surface area contributed by atoms with Crippen LogP contribution in [0.3, 0.4) is 0 Å². The Labute approximate surface area is 119 Å². The van der Waals surface area contributed by atoms with Gasteiger partial charge in [0.1, 0.15) is 0 Å². The molecule has 0 unspecified atom stereocenters. The summed E-state index contributed by atoms with van der Waals surface area (Å²) in [7, 11) is 0. The summed E-state index contributed by atoms with van der Waals surface area (Å²) in [5, 5.41) is 5.15. The van der Waals surface area contributed by atoms with Gasteiger partial charge in [0.05, 0.1) is 6.33 Å². The summed E-state index contributed by atoms with van der Waals surface area (Å²) in [6.45, 7) is 1.43. The smallest absolute Gasteiger partial charge is 0.304 e. The predicted molar refractivity (Wildman–Crippen MR) is 79.0 cm³/mol. The highest BCUT2D eigenvalue weighted by Crippen LogP contribution is 2.09. The highest BCUT2D eigenvalue weighted by Gasteiger charge is 1.98. The molecular formula is C14H14N4OS. The number of imidazole rings is 1. The summed E-state index contributed by atoms with van der Waals surface area (Å²) in [6.07, 6.45) is 5.46. The van der Waals surface area contributed by atoms with Gasteiger partial charge in [-0.3, -0.25) is 4.79 Å². The Balaban J connectivity index is 1.57. The van der Waals surface area contributed by atoms with Crippen molar-refractivity contribution < 1.29 is 0 Å². The Hall–Kier alpha value is -2.18. The van der Waals surface area contributed by atoms with Crippen molar-refractivity contribution in [3.63, 3.8) is 0 Å². The zero-order chi connectivity index (χ0) is 13.8. The first-order valence-electron chi connectivity index (χ1n) is 6.26. The summed E-state index contributed by atoms with van der Waals surface area (Å²) >= 11 is 1.19. The van der Waals surface area contributed by atoms with Crippen molar-refractivity contribution in [2.45, 2.75) is 13.1 Å². The van der Waals surface area contributed by atoms with Crippen LogP contribution < -0.4 is 10.2 Å². The number of hydrogen-bond acceptors (Lipinski definition) is 4. The third-order valence-corrected chi connectivity index (χ3v) is 3.67. The molecule has 0 radical (unpaired) electrons. The lowest BCUT2D eigenvalue weighted by Gasteiger charge is -2.06. The summed E-state index contributed by atoms with van der Waals surface area (Å²) in [6, 6.07) is 8.29. The highest BCUT2D eigenvalue weighted by atomic mass is 32.1. The molecule has 102 valence electrons. The molecule has 3 rings (SSSR count). The quantitative estimate of drug-likeness (QED) is 0.753. The monoisotopic (exact) mass is 286 g/mol. The zero-order valence-corrected chi connectivity index (χ0v) is 11.6. The molecule has 6 heteroatoms. The molecular weight excluding hydrogens is 272 g/mol. The SMILES string of the molecule is O=c1[nH]c(CNCc2ccc(-n3ccnc3)cc2)cs1. The number of nitrogens with one attached hydrogen (secondary N) is 2. The molecule has 0 aliphatic carbocycles. The van der Waals surface area contributed by atoms with Gasteiger partial charge in [0.2, 0.25) is 0 Å². The van der Waals surface area contributed by atoms with E-state index < -0.39 is 0 Å². The highest BCUT2D eigenvalue weighted by molar-refractivity contribution is 7.07. The average Bonchev–Trinajstić information content (AvgIpc) is 3.11. The first kappa shape index (κ1) is 12.8. The fourth-order valence-corrected chi connectivity index (χ4v) is 2.52. The summed E-state index contributed by atoms with van der Waals surface area (Å²) < 4.78 is 1.97. The van der Waals surface area contributed by atoms with Crippen LogP contribution >= 0.6 is 11.3 Å². The second-order valence-corrected chi connectivity index (χ2v) is 5.26. The van der Waals surface area contributed by atoms with Gasteiger partial charge in [-0.15, -0.1) is 0 Å². The number of aromatic amines is 1. The van der Waals surface area contributed by atoms with E-state index in [4.69, 9.17) is 0 Å². The Morgan fingerprint density at radius 1 is 1.25 bits per heavy atom. The van der Waals surface area contributed by atoms with Crippen LogP contribution in [0.5, 0.6) is 0 Å². The van der Waals surface area contributed by atoms with Crippen molar-refractivity contribution in [1.29, 1.82) is 0 Å².